The molecule has 0 bridgehead atoms. The molecule has 0 radical (unpaired) electrons. The number of rotatable bonds is 3. The first-order valence-corrected chi connectivity index (χ1v) is 13.2. The Morgan fingerprint density at radius 2 is 1.95 bits per heavy atom. The van der Waals surface area contributed by atoms with Crippen LogP contribution in [-0.4, -0.2) is 32.5 Å². The van der Waals surface area contributed by atoms with E-state index in [9.17, 15) is 24.6 Å². The zero-order valence-corrected chi connectivity index (χ0v) is 22.7. The number of hydrogen-bond acceptors (Lipinski definition) is 7. The lowest BCUT2D eigenvalue weighted by atomic mass is 9.70. The maximum atomic E-state index is 14.1. The minimum absolute atomic E-state index is 0.0112. The van der Waals surface area contributed by atoms with Crippen molar-refractivity contribution in [2.75, 3.05) is 0 Å². The number of para-hydroxylation sites is 1. The molecule has 2 aliphatic carbocycles. The van der Waals surface area contributed by atoms with Gasteiger partial charge in [-0.25, -0.2) is 0 Å². The van der Waals surface area contributed by atoms with Crippen LogP contribution < -0.4 is 10.1 Å². The van der Waals surface area contributed by atoms with Crippen LogP contribution in [-0.2, 0) is 21.4 Å². The zero-order chi connectivity index (χ0) is 28.0. The van der Waals surface area contributed by atoms with Gasteiger partial charge in [0.25, 0.3) is 0 Å². The number of aryl methyl sites for hydroxylation is 1. The Balaban J connectivity index is 1.45. The monoisotopic (exact) mass is 546 g/mol. The largest absolute Gasteiger partial charge is 0.507 e. The fraction of sp³-hybridized carbons (Fsp3) is 0.300. The van der Waals surface area contributed by atoms with E-state index in [1.165, 1.54) is 25.5 Å². The molecule has 2 atom stereocenters. The summed E-state index contributed by atoms with van der Waals surface area (Å²) in [6, 6.07) is 5.61. The third-order valence-electron chi connectivity index (χ3n) is 8.34. The molecule has 6 rings (SSSR count). The molecule has 2 aromatic carbocycles. The number of halogens is 1. The standard InChI is InChI=1S/C30H27ClN2O6/c1-12-26(36)22(14(3)34)28-23(27(12)37)30(4)20(39-28)11-19(35)21(29(30)38)13(2)32-18-10-6-8-16-15-7-5-9-17(31)24(15)33-25(16)18/h5,7,9,11,18,32-33,36-37H,6,8,10H2,1-4H3/b21-13+/t18?,30-/m0/s1. The van der Waals surface area contributed by atoms with Gasteiger partial charge in [0.2, 0.25) is 0 Å². The molecule has 39 heavy (non-hydrogen) atoms. The van der Waals surface area contributed by atoms with Crippen LogP contribution in [0.4, 0.5) is 0 Å². The Hall–Kier alpha value is -4.04. The smallest absolute Gasteiger partial charge is 0.194 e. The number of ketones is 3. The average Bonchev–Trinajstić information content (AvgIpc) is 3.40. The molecule has 9 heteroatoms. The number of phenols is 2. The van der Waals surface area contributed by atoms with Crippen molar-refractivity contribution in [1.82, 2.24) is 10.3 Å². The van der Waals surface area contributed by atoms with E-state index in [0.29, 0.717) is 10.7 Å². The SMILES string of the molecule is CC(=O)c1c(O)c(C)c(O)c2c1OC1=CC(=O)/C(=C(/C)NC3CCCc4c3[nH]c3c(Cl)cccc43)C(=O)[C@@]12C. The molecule has 0 amide bonds. The highest BCUT2D eigenvalue weighted by Crippen LogP contribution is 2.57. The summed E-state index contributed by atoms with van der Waals surface area (Å²) in [5.41, 5.74) is 1.80. The number of ether oxygens (including phenoxy) is 1. The summed E-state index contributed by atoms with van der Waals surface area (Å²) >= 11 is 6.44. The highest BCUT2D eigenvalue weighted by Gasteiger charge is 2.56. The second-order valence-corrected chi connectivity index (χ2v) is 11.1. The number of phenolic OH excluding ortho intramolecular Hbond substituents is 2. The van der Waals surface area contributed by atoms with Gasteiger partial charge in [-0.05, 0) is 58.6 Å². The lowest BCUT2D eigenvalue weighted by Gasteiger charge is -2.30. The van der Waals surface area contributed by atoms with Crippen LogP contribution in [0, 0.1) is 6.92 Å². The van der Waals surface area contributed by atoms with Gasteiger partial charge in [0, 0.05) is 28.4 Å². The molecule has 4 N–H and O–H groups in total. The van der Waals surface area contributed by atoms with Gasteiger partial charge in [0.1, 0.15) is 34.0 Å². The maximum absolute atomic E-state index is 14.1. The number of carbonyl (C=O) groups excluding carboxylic acids is 3. The molecule has 8 nitrogen and oxygen atoms in total. The molecule has 0 fully saturated rings. The van der Waals surface area contributed by atoms with Gasteiger partial charge in [-0.15, -0.1) is 0 Å². The van der Waals surface area contributed by atoms with Gasteiger partial charge in [-0.3, -0.25) is 14.4 Å². The highest BCUT2D eigenvalue weighted by atomic mass is 35.5. The molecule has 0 saturated carbocycles. The van der Waals surface area contributed by atoms with Crippen molar-refractivity contribution in [2.45, 2.75) is 58.4 Å². The number of allylic oxidation sites excluding steroid dienone is 4. The number of aromatic amines is 1. The summed E-state index contributed by atoms with van der Waals surface area (Å²) in [5, 5.41) is 26.7. The van der Waals surface area contributed by atoms with Crippen molar-refractivity contribution in [2.24, 2.45) is 0 Å². The van der Waals surface area contributed by atoms with Gasteiger partial charge in [-0.2, -0.15) is 0 Å². The van der Waals surface area contributed by atoms with Gasteiger partial charge < -0.3 is 25.3 Å². The Labute approximate surface area is 229 Å². The lowest BCUT2D eigenvalue weighted by Crippen LogP contribution is -2.41. The first-order chi connectivity index (χ1) is 18.5. The number of benzene rings is 2. The summed E-state index contributed by atoms with van der Waals surface area (Å²) in [6.45, 7) is 5.97. The highest BCUT2D eigenvalue weighted by molar-refractivity contribution is 6.35. The quantitative estimate of drug-likeness (QED) is 0.197. The third kappa shape index (κ3) is 3.34. The number of fused-ring (bicyclic) bond motifs is 6. The molecule has 3 aromatic rings. The number of carbonyl (C=O) groups is 3. The van der Waals surface area contributed by atoms with Gasteiger partial charge in [0.05, 0.1) is 27.7 Å². The molecule has 0 spiro atoms. The summed E-state index contributed by atoms with van der Waals surface area (Å²) < 4.78 is 5.85. The van der Waals surface area contributed by atoms with Crippen LogP contribution in [0.3, 0.4) is 0 Å². The number of aromatic hydroxyl groups is 2. The van der Waals surface area contributed by atoms with Gasteiger partial charge in [0.15, 0.2) is 17.3 Å². The molecule has 1 aliphatic heterocycles. The Bertz CT molecular complexity index is 1730. The summed E-state index contributed by atoms with van der Waals surface area (Å²) in [7, 11) is 0. The third-order valence-corrected chi connectivity index (χ3v) is 8.66. The van der Waals surface area contributed by atoms with E-state index in [4.69, 9.17) is 16.3 Å². The second kappa shape index (κ2) is 8.48. The molecule has 2 heterocycles. The van der Waals surface area contributed by atoms with Crippen molar-refractivity contribution in [1.29, 1.82) is 0 Å². The Morgan fingerprint density at radius 1 is 1.21 bits per heavy atom. The molecule has 3 aliphatic rings. The fourth-order valence-corrected chi connectivity index (χ4v) is 6.51. The molecule has 1 aromatic heterocycles. The van der Waals surface area contributed by atoms with Crippen molar-refractivity contribution in [3.8, 4) is 17.2 Å². The van der Waals surface area contributed by atoms with Gasteiger partial charge in [-0.1, -0.05) is 23.7 Å². The van der Waals surface area contributed by atoms with Crippen LogP contribution in [0.25, 0.3) is 10.9 Å². The average molecular weight is 547 g/mol. The normalized spacial score (nSPS) is 23.1. The van der Waals surface area contributed by atoms with E-state index in [2.05, 4.69) is 10.3 Å². The number of nitrogens with one attached hydrogen (secondary N) is 2. The zero-order valence-electron chi connectivity index (χ0n) is 21.9. The first-order valence-electron chi connectivity index (χ1n) is 12.8. The topological polar surface area (TPSA) is 129 Å². The van der Waals surface area contributed by atoms with Gasteiger partial charge >= 0.3 is 0 Å². The van der Waals surface area contributed by atoms with Crippen molar-refractivity contribution < 1.29 is 29.3 Å². The predicted molar refractivity (Wildman–Crippen MR) is 145 cm³/mol. The molecular weight excluding hydrogens is 520 g/mol. The minimum Gasteiger partial charge on any atom is -0.507 e. The van der Waals surface area contributed by atoms with Crippen LogP contribution in [0.15, 0.2) is 41.3 Å². The lowest BCUT2D eigenvalue weighted by molar-refractivity contribution is -0.123. The van der Waals surface area contributed by atoms with E-state index in [1.807, 2.05) is 18.2 Å². The fourth-order valence-electron chi connectivity index (χ4n) is 6.29. The summed E-state index contributed by atoms with van der Waals surface area (Å²) in [4.78, 5) is 43.3. The van der Waals surface area contributed by atoms with E-state index in [-0.39, 0.29) is 45.6 Å². The van der Waals surface area contributed by atoms with Crippen LogP contribution in [0.2, 0.25) is 5.02 Å². The second-order valence-electron chi connectivity index (χ2n) is 10.7. The van der Waals surface area contributed by atoms with Crippen LogP contribution >= 0.6 is 11.6 Å². The molecular formula is C30H27ClN2O6. The number of aromatic nitrogens is 1. The van der Waals surface area contributed by atoms with Crippen molar-refractivity contribution >= 4 is 39.9 Å². The van der Waals surface area contributed by atoms with Crippen molar-refractivity contribution in [3.05, 3.63) is 74.3 Å². The molecule has 1 unspecified atom stereocenters. The Morgan fingerprint density at radius 3 is 2.67 bits per heavy atom. The Kier molecular flexibility index (Phi) is 5.49. The van der Waals surface area contributed by atoms with Crippen LogP contribution in [0.5, 0.6) is 17.2 Å². The maximum Gasteiger partial charge on any atom is 0.194 e. The summed E-state index contributed by atoms with van der Waals surface area (Å²) in [5.74, 6) is -2.44. The van der Waals surface area contributed by atoms with E-state index in [0.717, 1.165) is 35.9 Å². The molecule has 200 valence electrons. The van der Waals surface area contributed by atoms with Crippen molar-refractivity contribution in [3.63, 3.8) is 0 Å². The number of H-pyrrole nitrogens is 1. The number of hydrogen-bond donors (Lipinski definition) is 4. The summed E-state index contributed by atoms with van der Waals surface area (Å²) in [6.07, 6.45) is 3.83. The van der Waals surface area contributed by atoms with Crippen LogP contribution in [0.1, 0.15) is 72.4 Å². The van der Waals surface area contributed by atoms with E-state index < -0.39 is 28.5 Å². The van der Waals surface area contributed by atoms with E-state index in [1.54, 1.807) is 13.8 Å². The minimum atomic E-state index is -1.55. The van der Waals surface area contributed by atoms with E-state index >= 15 is 0 Å². The number of Topliss-reactive ketones (excluding diaryl/α,β-unsaturated/α-hetero) is 2. The molecule has 0 saturated heterocycles. The first kappa shape index (κ1) is 25.2. The predicted octanol–water partition coefficient (Wildman–Crippen LogP) is 5.37.